The Morgan fingerprint density at radius 3 is 2.64 bits per heavy atom. The van der Waals surface area contributed by atoms with E-state index in [1.165, 1.54) is 0 Å². The number of hydrogen-bond donors (Lipinski definition) is 2. The Morgan fingerprint density at radius 1 is 1.64 bits per heavy atom. The predicted octanol–water partition coefficient (Wildman–Crippen LogP) is 0.505. The van der Waals surface area contributed by atoms with E-state index in [1.807, 2.05) is 18.5 Å². The largest absolute Gasteiger partial charge is 0.382 e. The molecule has 0 unspecified atom stereocenters. The Morgan fingerprint density at radius 2 is 2.27 bits per heavy atom. The van der Waals surface area contributed by atoms with Gasteiger partial charge in [-0.3, -0.25) is 4.68 Å². The summed E-state index contributed by atoms with van der Waals surface area (Å²) in [5, 5.41) is 4.10. The van der Waals surface area contributed by atoms with Crippen molar-refractivity contribution in [3.8, 4) is 0 Å². The fourth-order valence-corrected chi connectivity index (χ4v) is 1.05. The lowest BCUT2D eigenvalue weighted by Crippen LogP contribution is -2.10. The van der Waals surface area contributed by atoms with E-state index in [1.54, 1.807) is 6.07 Å². The first-order valence-corrected chi connectivity index (χ1v) is 3.69. The van der Waals surface area contributed by atoms with Gasteiger partial charge in [0.15, 0.2) is 0 Å². The molecule has 0 atom stereocenters. The number of anilines is 1. The van der Waals surface area contributed by atoms with Gasteiger partial charge in [0.1, 0.15) is 5.82 Å². The third-order valence-corrected chi connectivity index (χ3v) is 1.53. The van der Waals surface area contributed by atoms with Crippen LogP contribution in [0.5, 0.6) is 0 Å². The summed E-state index contributed by atoms with van der Waals surface area (Å²) < 4.78 is 1.84. The van der Waals surface area contributed by atoms with Gasteiger partial charge in [-0.1, -0.05) is 0 Å². The third kappa shape index (κ3) is 1.51. The fraction of sp³-hybridized carbons (Fsp3) is 0.571. The maximum Gasteiger partial charge on any atom is 0.145 e. The number of hydrogen-bond acceptors (Lipinski definition) is 3. The molecule has 0 spiro atoms. The van der Waals surface area contributed by atoms with Crippen LogP contribution in [-0.2, 0) is 6.54 Å². The van der Waals surface area contributed by atoms with Gasteiger partial charge in [-0.25, -0.2) is 0 Å². The van der Waals surface area contributed by atoms with Crippen LogP contribution in [0.3, 0.4) is 0 Å². The first kappa shape index (κ1) is 8.07. The molecule has 0 aromatic carbocycles. The van der Waals surface area contributed by atoms with Gasteiger partial charge in [0, 0.05) is 18.7 Å². The molecule has 0 fully saturated rings. The highest BCUT2D eigenvalue weighted by atomic mass is 15.3. The van der Waals surface area contributed by atoms with Crippen molar-refractivity contribution < 1.29 is 0 Å². The van der Waals surface area contributed by atoms with Crippen molar-refractivity contribution >= 4 is 5.82 Å². The molecule has 4 N–H and O–H groups in total. The summed E-state index contributed by atoms with van der Waals surface area (Å²) in [7, 11) is 0. The maximum atomic E-state index is 5.51. The molecule has 0 bridgehead atoms. The smallest absolute Gasteiger partial charge is 0.145 e. The molecular formula is C7H14N4. The van der Waals surface area contributed by atoms with Crippen molar-refractivity contribution in [1.82, 2.24) is 9.78 Å². The summed E-state index contributed by atoms with van der Waals surface area (Å²) >= 11 is 0. The topological polar surface area (TPSA) is 69.9 Å². The fourth-order valence-electron chi connectivity index (χ4n) is 1.05. The van der Waals surface area contributed by atoms with Gasteiger partial charge in [0.05, 0.1) is 5.69 Å². The molecule has 1 heterocycles. The number of nitrogens with zero attached hydrogens (tertiary/aromatic N) is 2. The summed E-state index contributed by atoms with van der Waals surface area (Å²) in [4.78, 5) is 0. The monoisotopic (exact) mass is 154 g/mol. The van der Waals surface area contributed by atoms with E-state index in [2.05, 4.69) is 5.10 Å². The Balaban J connectivity index is 3.02. The number of rotatable bonds is 2. The van der Waals surface area contributed by atoms with Crippen molar-refractivity contribution in [3.63, 3.8) is 0 Å². The van der Waals surface area contributed by atoms with Gasteiger partial charge in [-0.05, 0) is 13.8 Å². The van der Waals surface area contributed by atoms with Crippen LogP contribution in [0.4, 0.5) is 5.82 Å². The van der Waals surface area contributed by atoms with Crippen LogP contribution in [0.15, 0.2) is 6.07 Å². The van der Waals surface area contributed by atoms with Gasteiger partial charge < -0.3 is 11.5 Å². The highest BCUT2D eigenvalue weighted by Crippen LogP contribution is 2.11. The van der Waals surface area contributed by atoms with Crippen LogP contribution in [-0.4, -0.2) is 9.78 Å². The van der Waals surface area contributed by atoms with E-state index in [-0.39, 0.29) is 0 Å². The van der Waals surface area contributed by atoms with Crippen molar-refractivity contribution in [2.75, 3.05) is 5.73 Å². The summed E-state index contributed by atoms with van der Waals surface area (Å²) in [6.45, 7) is 4.58. The van der Waals surface area contributed by atoms with Gasteiger partial charge in [-0.15, -0.1) is 0 Å². The highest BCUT2D eigenvalue weighted by Gasteiger charge is 2.05. The Hall–Kier alpha value is -1.03. The van der Waals surface area contributed by atoms with Crippen LogP contribution in [0.1, 0.15) is 25.6 Å². The van der Waals surface area contributed by atoms with Crippen LogP contribution in [0.25, 0.3) is 0 Å². The van der Waals surface area contributed by atoms with E-state index >= 15 is 0 Å². The van der Waals surface area contributed by atoms with Gasteiger partial charge in [-0.2, -0.15) is 5.10 Å². The number of aromatic nitrogens is 2. The summed E-state index contributed by atoms with van der Waals surface area (Å²) in [5.74, 6) is 0.541. The molecule has 1 aromatic heterocycles. The predicted molar refractivity (Wildman–Crippen MR) is 44.9 cm³/mol. The number of nitrogens with two attached hydrogens (primary N) is 2. The van der Waals surface area contributed by atoms with Crippen LogP contribution >= 0.6 is 0 Å². The number of nitrogen functional groups attached to an aromatic ring is 1. The van der Waals surface area contributed by atoms with Crippen molar-refractivity contribution in [3.05, 3.63) is 11.8 Å². The molecule has 4 heteroatoms. The molecule has 4 nitrogen and oxygen atoms in total. The Bertz CT molecular complexity index is 239. The second-order valence-electron chi connectivity index (χ2n) is 2.80. The SMILES string of the molecule is CC(C)n1nc(N)cc1CN. The van der Waals surface area contributed by atoms with E-state index in [0.29, 0.717) is 18.4 Å². The molecule has 0 aliphatic carbocycles. The zero-order valence-corrected chi connectivity index (χ0v) is 6.91. The van der Waals surface area contributed by atoms with Crippen molar-refractivity contribution in [1.29, 1.82) is 0 Å². The highest BCUT2D eigenvalue weighted by molar-refractivity contribution is 5.29. The molecule has 1 rings (SSSR count). The Kier molecular flexibility index (Phi) is 2.14. The van der Waals surface area contributed by atoms with Gasteiger partial charge >= 0.3 is 0 Å². The lowest BCUT2D eigenvalue weighted by Gasteiger charge is -2.08. The summed E-state index contributed by atoms with van der Waals surface area (Å²) in [5.41, 5.74) is 12.0. The quantitative estimate of drug-likeness (QED) is 0.651. The van der Waals surface area contributed by atoms with E-state index in [9.17, 15) is 0 Å². The Labute approximate surface area is 66.2 Å². The minimum absolute atomic E-state index is 0.325. The zero-order valence-electron chi connectivity index (χ0n) is 6.91. The van der Waals surface area contributed by atoms with E-state index in [0.717, 1.165) is 5.69 Å². The molecule has 1 aromatic rings. The van der Waals surface area contributed by atoms with E-state index < -0.39 is 0 Å². The van der Waals surface area contributed by atoms with E-state index in [4.69, 9.17) is 11.5 Å². The molecular weight excluding hydrogens is 140 g/mol. The lowest BCUT2D eigenvalue weighted by atomic mass is 10.3. The average molecular weight is 154 g/mol. The van der Waals surface area contributed by atoms with Crippen LogP contribution < -0.4 is 11.5 Å². The van der Waals surface area contributed by atoms with Gasteiger partial charge in [0.2, 0.25) is 0 Å². The normalized spacial score (nSPS) is 10.9. The van der Waals surface area contributed by atoms with Crippen LogP contribution in [0, 0.1) is 0 Å². The molecule has 11 heavy (non-hydrogen) atoms. The molecule has 0 saturated carbocycles. The molecule has 62 valence electrons. The third-order valence-electron chi connectivity index (χ3n) is 1.53. The van der Waals surface area contributed by atoms with Crippen molar-refractivity contribution in [2.24, 2.45) is 5.73 Å². The lowest BCUT2D eigenvalue weighted by molar-refractivity contribution is 0.511. The first-order chi connectivity index (χ1) is 5.15. The van der Waals surface area contributed by atoms with Gasteiger partial charge in [0.25, 0.3) is 0 Å². The van der Waals surface area contributed by atoms with Crippen molar-refractivity contribution in [2.45, 2.75) is 26.4 Å². The summed E-state index contributed by atoms with van der Waals surface area (Å²) in [6, 6.07) is 2.13. The summed E-state index contributed by atoms with van der Waals surface area (Å²) in [6.07, 6.45) is 0. The minimum Gasteiger partial charge on any atom is -0.382 e. The average Bonchev–Trinajstić information content (AvgIpc) is 2.30. The standard InChI is InChI=1S/C7H14N4/c1-5(2)11-6(4-8)3-7(9)10-11/h3,5H,4,8H2,1-2H3,(H2,9,10). The molecule has 0 saturated heterocycles. The second-order valence-corrected chi connectivity index (χ2v) is 2.80. The minimum atomic E-state index is 0.325. The molecule has 0 aliphatic heterocycles. The molecule has 0 radical (unpaired) electrons. The molecule has 0 amide bonds. The zero-order chi connectivity index (χ0) is 8.43. The maximum absolute atomic E-state index is 5.51. The molecule has 0 aliphatic rings. The second kappa shape index (κ2) is 2.92. The van der Waals surface area contributed by atoms with Crippen LogP contribution in [0.2, 0.25) is 0 Å². The first-order valence-electron chi connectivity index (χ1n) is 3.69.